The number of benzene rings is 1. The van der Waals surface area contributed by atoms with Crippen molar-refractivity contribution >= 4 is 11.7 Å². The van der Waals surface area contributed by atoms with Crippen molar-refractivity contribution in [1.82, 2.24) is 15.3 Å². The van der Waals surface area contributed by atoms with Crippen LogP contribution in [0.25, 0.3) is 11.3 Å². The normalized spacial score (nSPS) is 10.3. The van der Waals surface area contributed by atoms with Gasteiger partial charge in [-0.3, -0.25) is 19.6 Å². The Morgan fingerprint density at radius 1 is 0.923 bits per heavy atom. The molecule has 5 nitrogen and oxygen atoms in total. The summed E-state index contributed by atoms with van der Waals surface area (Å²) in [6.07, 6.45) is 5.55. The van der Waals surface area contributed by atoms with Crippen LogP contribution in [0.15, 0.2) is 73.2 Å². The molecule has 2 aromatic heterocycles. The second-order valence-corrected chi connectivity index (χ2v) is 5.86. The van der Waals surface area contributed by atoms with Crippen LogP contribution in [0.5, 0.6) is 0 Å². The highest BCUT2D eigenvalue weighted by atomic mass is 16.2. The van der Waals surface area contributed by atoms with Crippen LogP contribution >= 0.6 is 0 Å². The molecule has 5 heteroatoms. The van der Waals surface area contributed by atoms with Gasteiger partial charge in [0.15, 0.2) is 5.78 Å². The number of amides is 1. The molecule has 0 bridgehead atoms. The van der Waals surface area contributed by atoms with E-state index in [9.17, 15) is 9.59 Å². The molecular formula is C21H19N3O2. The van der Waals surface area contributed by atoms with Crippen LogP contribution in [0.1, 0.15) is 28.8 Å². The molecular weight excluding hydrogens is 326 g/mol. The van der Waals surface area contributed by atoms with Gasteiger partial charge in [-0.2, -0.15) is 0 Å². The summed E-state index contributed by atoms with van der Waals surface area (Å²) in [7, 11) is 0. The lowest BCUT2D eigenvalue weighted by Gasteiger charge is -2.07. The Bertz CT molecular complexity index is 880. The zero-order chi connectivity index (χ0) is 18.2. The molecule has 3 rings (SSSR count). The largest absolute Gasteiger partial charge is 0.352 e. The summed E-state index contributed by atoms with van der Waals surface area (Å²) in [4.78, 5) is 32.5. The highest BCUT2D eigenvalue weighted by Gasteiger charge is 2.09. The van der Waals surface area contributed by atoms with Crippen molar-refractivity contribution in [3.8, 4) is 11.3 Å². The lowest BCUT2D eigenvalue weighted by molar-refractivity contribution is -0.121. The maximum absolute atomic E-state index is 12.0. The van der Waals surface area contributed by atoms with Crippen molar-refractivity contribution < 1.29 is 9.59 Å². The van der Waals surface area contributed by atoms with Gasteiger partial charge < -0.3 is 5.32 Å². The second-order valence-electron chi connectivity index (χ2n) is 5.86. The molecule has 3 aromatic rings. The zero-order valence-electron chi connectivity index (χ0n) is 14.3. The number of carbonyl (C=O) groups excluding carboxylic acids is 2. The third-order valence-electron chi connectivity index (χ3n) is 3.95. The lowest BCUT2D eigenvalue weighted by Crippen LogP contribution is -2.23. The quantitative estimate of drug-likeness (QED) is 0.666. The molecule has 0 radical (unpaired) electrons. The molecule has 0 aliphatic carbocycles. The van der Waals surface area contributed by atoms with Crippen LogP contribution in [0, 0.1) is 0 Å². The van der Waals surface area contributed by atoms with Gasteiger partial charge in [-0.25, -0.2) is 0 Å². The Balaban J connectivity index is 1.51. The Kier molecular flexibility index (Phi) is 5.83. The van der Waals surface area contributed by atoms with Gasteiger partial charge in [0.05, 0.1) is 5.69 Å². The molecule has 0 fully saturated rings. The van der Waals surface area contributed by atoms with Crippen molar-refractivity contribution in [2.24, 2.45) is 0 Å². The first-order valence-corrected chi connectivity index (χ1v) is 8.42. The average molecular weight is 345 g/mol. The van der Waals surface area contributed by atoms with E-state index in [2.05, 4.69) is 15.3 Å². The zero-order valence-corrected chi connectivity index (χ0v) is 14.3. The number of ketones is 1. The molecule has 2 heterocycles. The highest BCUT2D eigenvalue weighted by molar-refractivity contribution is 5.97. The molecule has 0 saturated carbocycles. The average Bonchev–Trinajstić information content (AvgIpc) is 2.72. The number of Topliss-reactive ketones (excluding diaryl/α,β-unsaturated/α-hetero) is 1. The van der Waals surface area contributed by atoms with E-state index in [1.165, 1.54) is 0 Å². The molecule has 0 aliphatic rings. The third kappa shape index (κ3) is 4.83. The van der Waals surface area contributed by atoms with Crippen molar-refractivity contribution in [3.05, 3.63) is 84.3 Å². The number of rotatable bonds is 7. The summed E-state index contributed by atoms with van der Waals surface area (Å²) in [6, 6.07) is 16.6. The van der Waals surface area contributed by atoms with Crippen molar-refractivity contribution in [2.75, 3.05) is 0 Å². The number of pyridine rings is 2. The smallest absolute Gasteiger partial charge is 0.220 e. The maximum atomic E-state index is 12.0. The third-order valence-corrected chi connectivity index (χ3v) is 3.95. The van der Waals surface area contributed by atoms with Crippen LogP contribution in [0.2, 0.25) is 0 Å². The first-order valence-electron chi connectivity index (χ1n) is 8.42. The lowest BCUT2D eigenvalue weighted by atomic mass is 10.1. The molecule has 1 amide bonds. The van der Waals surface area contributed by atoms with E-state index in [-0.39, 0.29) is 24.5 Å². The van der Waals surface area contributed by atoms with Crippen molar-refractivity contribution in [1.29, 1.82) is 0 Å². The van der Waals surface area contributed by atoms with E-state index >= 15 is 0 Å². The first-order chi connectivity index (χ1) is 12.7. The SMILES string of the molecule is O=C(CCC(=O)c1ccccc1)NCc1ccnc(-c2cccnc2)c1. The Labute approximate surface area is 152 Å². The van der Waals surface area contributed by atoms with Gasteiger partial charge in [-0.05, 0) is 29.8 Å². The summed E-state index contributed by atoms with van der Waals surface area (Å²) in [5, 5.41) is 2.85. The van der Waals surface area contributed by atoms with Gasteiger partial charge in [-0.15, -0.1) is 0 Å². The fourth-order valence-corrected chi connectivity index (χ4v) is 2.54. The van der Waals surface area contributed by atoms with Crippen molar-refractivity contribution in [3.63, 3.8) is 0 Å². The molecule has 130 valence electrons. The van der Waals surface area contributed by atoms with Crippen LogP contribution < -0.4 is 5.32 Å². The molecule has 0 aliphatic heterocycles. The number of nitrogens with one attached hydrogen (secondary N) is 1. The molecule has 0 unspecified atom stereocenters. The van der Waals surface area contributed by atoms with E-state index in [1.807, 2.05) is 42.5 Å². The molecule has 0 atom stereocenters. The summed E-state index contributed by atoms with van der Waals surface area (Å²) >= 11 is 0. The monoisotopic (exact) mass is 345 g/mol. The van der Waals surface area contributed by atoms with E-state index < -0.39 is 0 Å². The predicted octanol–water partition coefficient (Wildman–Crippen LogP) is 3.42. The van der Waals surface area contributed by atoms with Gasteiger partial charge in [0.2, 0.25) is 5.91 Å². The Morgan fingerprint density at radius 2 is 1.77 bits per heavy atom. The summed E-state index contributed by atoms with van der Waals surface area (Å²) in [5.74, 6) is -0.169. The molecule has 1 aromatic carbocycles. The number of aromatic nitrogens is 2. The first kappa shape index (κ1) is 17.5. The topological polar surface area (TPSA) is 72.0 Å². The van der Waals surface area contributed by atoms with Crippen LogP contribution in [-0.2, 0) is 11.3 Å². The molecule has 0 spiro atoms. The van der Waals surface area contributed by atoms with Crippen LogP contribution in [0.3, 0.4) is 0 Å². The maximum Gasteiger partial charge on any atom is 0.220 e. The minimum Gasteiger partial charge on any atom is -0.352 e. The summed E-state index contributed by atoms with van der Waals surface area (Å²) < 4.78 is 0. The number of hydrogen-bond donors (Lipinski definition) is 1. The van der Waals surface area contributed by atoms with E-state index in [0.717, 1.165) is 16.8 Å². The predicted molar refractivity (Wildman–Crippen MR) is 99.3 cm³/mol. The van der Waals surface area contributed by atoms with Gasteiger partial charge in [0.25, 0.3) is 0 Å². The number of nitrogens with zero attached hydrogens (tertiary/aromatic N) is 2. The fourth-order valence-electron chi connectivity index (χ4n) is 2.54. The van der Waals surface area contributed by atoms with E-state index in [0.29, 0.717) is 12.1 Å². The Hall–Kier alpha value is -3.34. The standard InChI is InChI=1S/C21H19N3O2/c25-20(17-5-2-1-3-6-17)8-9-21(26)24-14-16-10-12-23-19(13-16)18-7-4-11-22-15-18/h1-7,10-13,15H,8-9,14H2,(H,24,26). The molecule has 26 heavy (non-hydrogen) atoms. The summed E-state index contributed by atoms with van der Waals surface area (Å²) in [5.41, 5.74) is 3.32. The molecule has 0 saturated heterocycles. The van der Waals surface area contributed by atoms with E-state index in [1.54, 1.807) is 30.7 Å². The van der Waals surface area contributed by atoms with Crippen molar-refractivity contribution in [2.45, 2.75) is 19.4 Å². The molecule has 1 N–H and O–H groups in total. The Morgan fingerprint density at radius 3 is 2.54 bits per heavy atom. The summed E-state index contributed by atoms with van der Waals surface area (Å²) in [6.45, 7) is 0.397. The highest BCUT2D eigenvalue weighted by Crippen LogP contribution is 2.16. The van der Waals surface area contributed by atoms with Gasteiger partial charge >= 0.3 is 0 Å². The van der Waals surface area contributed by atoms with Crippen LogP contribution in [0.4, 0.5) is 0 Å². The second kappa shape index (κ2) is 8.67. The minimum atomic E-state index is -0.144. The number of carbonyl (C=O) groups is 2. The fraction of sp³-hybridized carbons (Fsp3) is 0.143. The minimum absolute atomic E-state index is 0.0245. The van der Waals surface area contributed by atoms with Gasteiger partial charge in [0.1, 0.15) is 0 Å². The van der Waals surface area contributed by atoms with Crippen LogP contribution in [-0.4, -0.2) is 21.7 Å². The van der Waals surface area contributed by atoms with Gasteiger partial charge in [-0.1, -0.05) is 30.3 Å². The van der Waals surface area contributed by atoms with Gasteiger partial charge in [0, 0.05) is 49.1 Å². The number of hydrogen-bond acceptors (Lipinski definition) is 4. The van der Waals surface area contributed by atoms with E-state index in [4.69, 9.17) is 0 Å².